The minimum atomic E-state index is -1.05. The number of nitrogens with zero attached hydrogens (tertiary/aromatic N) is 3. The van der Waals surface area contributed by atoms with E-state index in [9.17, 15) is 38.4 Å². The summed E-state index contributed by atoms with van der Waals surface area (Å²) in [6.07, 6.45) is -0.131. The first kappa shape index (κ1) is 44.6. The number of anilines is 1. The average Bonchev–Trinajstić information content (AvgIpc) is 3.48. The van der Waals surface area contributed by atoms with Crippen molar-refractivity contribution in [2.75, 3.05) is 25.5 Å². The van der Waals surface area contributed by atoms with Crippen LogP contribution in [0.15, 0.2) is 58.8 Å². The molecule has 17 nitrogen and oxygen atoms in total. The summed E-state index contributed by atoms with van der Waals surface area (Å²) in [5.41, 5.74) is 7.63. The third-order valence-electron chi connectivity index (χ3n) is 9.08. The summed E-state index contributed by atoms with van der Waals surface area (Å²) in [6, 6.07) is 10.7. The first-order chi connectivity index (χ1) is 26.5. The summed E-state index contributed by atoms with van der Waals surface area (Å²) in [4.78, 5) is 99.8. The molecular formula is C39H51N7O10. The molecule has 5 N–H and O–H groups in total. The highest BCUT2D eigenvalue weighted by atomic mass is 16.6. The van der Waals surface area contributed by atoms with Crippen molar-refractivity contribution in [2.45, 2.75) is 84.9 Å². The highest BCUT2D eigenvalue weighted by molar-refractivity contribution is 6.10. The fourth-order valence-electron chi connectivity index (χ4n) is 6.00. The third-order valence-corrected chi connectivity index (χ3v) is 9.08. The van der Waals surface area contributed by atoms with E-state index >= 15 is 0 Å². The molecule has 56 heavy (non-hydrogen) atoms. The summed E-state index contributed by atoms with van der Waals surface area (Å²) < 4.78 is 11.0. The fraction of sp³-hybridized carbons (Fsp3) is 0.487. The van der Waals surface area contributed by atoms with E-state index < -0.39 is 59.7 Å². The molecule has 302 valence electrons. The van der Waals surface area contributed by atoms with Crippen molar-refractivity contribution < 1.29 is 47.8 Å². The van der Waals surface area contributed by atoms with Crippen LogP contribution in [0.4, 0.5) is 15.3 Å². The van der Waals surface area contributed by atoms with Gasteiger partial charge in [0.05, 0.1) is 18.7 Å². The number of azo groups is 1. The van der Waals surface area contributed by atoms with Crippen molar-refractivity contribution in [1.82, 2.24) is 15.5 Å². The number of rotatable bonds is 20. The van der Waals surface area contributed by atoms with Crippen LogP contribution >= 0.6 is 0 Å². The standard InChI is InChI=1S/C39H51N7O10/c1-22(2)30(20-28(48)17-19-55-29-15-11-26(12-16-29)32-36(51)44-45-37(32)52)34(49)43-38(53)41-18-7-8-31(40)35(50)42-27-13-9-25(10-14-27)21-56-39(54)46(6)33(23(3)4)24(5)47/h9-16,22-23,30-33H,7-8,17-21,40H2,1-6H3,(H,42,50)(H2,41,43,49,53)/t30-,31?,33-/m0/s1. The molecule has 1 aliphatic heterocycles. The van der Waals surface area contributed by atoms with E-state index in [2.05, 4.69) is 26.2 Å². The van der Waals surface area contributed by atoms with Crippen LogP contribution in [0.3, 0.4) is 0 Å². The fourth-order valence-corrected chi connectivity index (χ4v) is 6.00. The molecule has 7 amide bonds. The number of amides is 7. The SMILES string of the molecule is CC(=O)[C@H](C(C)C)N(C)C(=O)OCc1ccc(NC(=O)C(N)CCCNC(=O)NC(=O)[C@@H](CC(=O)CCOc2ccc(C3C(=O)N=NC3=O)cc2)C(C)C)cc1. The zero-order chi connectivity index (χ0) is 41.5. The van der Waals surface area contributed by atoms with Gasteiger partial charge in [-0.25, -0.2) is 9.59 Å². The number of ether oxygens (including phenoxy) is 2. The van der Waals surface area contributed by atoms with Gasteiger partial charge in [-0.3, -0.25) is 34.1 Å². The van der Waals surface area contributed by atoms with Gasteiger partial charge in [-0.1, -0.05) is 52.0 Å². The quantitative estimate of drug-likeness (QED) is 0.110. The van der Waals surface area contributed by atoms with Crippen LogP contribution in [0.25, 0.3) is 0 Å². The monoisotopic (exact) mass is 777 g/mol. The van der Waals surface area contributed by atoms with Crippen LogP contribution < -0.4 is 26.4 Å². The van der Waals surface area contributed by atoms with E-state index in [4.69, 9.17) is 15.2 Å². The molecule has 1 aliphatic rings. The molecular weight excluding hydrogens is 726 g/mol. The lowest BCUT2D eigenvalue weighted by Crippen LogP contribution is -2.45. The number of benzene rings is 2. The summed E-state index contributed by atoms with van der Waals surface area (Å²) in [7, 11) is 1.52. The Morgan fingerprint density at radius 3 is 2.07 bits per heavy atom. The Labute approximate surface area is 325 Å². The Balaban J connectivity index is 1.33. The smallest absolute Gasteiger partial charge is 0.410 e. The number of imide groups is 1. The van der Waals surface area contributed by atoms with Crippen molar-refractivity contribution in [3.63, 3.8) is 0 Å². The Kier molecular flexibility index (Phi) is 16.9. The van der Waals surface area contributed by atoms with Crippen LogP contribution in [-0.4, -0.2) is 84.5 Å². The van der Waals surface area contributed by atoms with Gasteiger partial charge >= 0.3 is 12.1 Å². The lowest BCUT2D eigenvalue weighted by Gasteiger charge is -2.28. The molecule has 0 aliphatic carbocycles. The molecule has 2 aromatic rings. The van der Waals surface area contributed by atoms with Gasteiger partial charge in [0, 0.05) is 38.0 Å². The predicted octanol–water partition coefficient (Wildman–Crippen LogP) is 4.04. The van der Waals surface area contributed by atoms with E-state index in [1.807, 2.05) is 13.8 Å². The molecule has 0 aromatic heterocycles. The number of carbonyl (C=O) groups is 8. The number of urea groups is 1. The number of nitrogens with one attached hydrogen (secondary N) is 3. The van der Waals surface area contributed by atoms with Crippen molar-refractivity contribution >= 4 is 53.0 Å². The van der Waals surface area contributed by atoms with Gasteiger partial charge in [0.15, 0.2) is 5.78 Å². The normalized spacial score (nSPS) is 14.2. The summed E-state index contributed by atoms with van der Waals surface area (Å²) in [5, 5.41) is 14.1. The van der Waals surface area contributed by atoms with Gasteiger partial charge in [0.25, 0.3) is 11.8 Å². The van der Waals surface area contributed by atoms with E-state index in [1.165, 1.54) is 18.9 Å². The van der Waals surface area contributed by atoms with E-state index in [-0.39, 0.29) is 62.4 Å². The highest BCUT2D eigenvalue weighted by Crippen LogP contribution is 2.26. The number of carbonyl (C=O) groups excluding carboxylic acids is 8. The lowest BCUT2D eigenvalue weighted by molar-refractivity contribution is -0.130. The van der Waals surface area contributed by atoms with Gasteiger partial charge in [-0.05, 0) is 67.0 Å². The number of ketones is 2. The Morgan fingerprint density at radius 2 is 1.50 bits per heavy atom. The molecule has 1 heterocycles. The molecule has 17 heteroatoms. The number of hydrogen-bond acceptors (Lipinski definition) is 11. The maximum atomic E-state index is 12.9. The number of likely N-dealkylation sites (N-methyl/N-ethyl adjacent to an activating group) is 1. The second-order valence-corrected chi connectivity index (χ2v) is 14.2. The lowest BCUT2D eigenvalue weighted by atomic mass is 9.89. The van der Waals surface area contributed by atoms with Gasteiger partial charge in [0.1, 0.15) is 24.1 Å². The maximum Gasteiger partial charge on any atom is 0.410 e. The average molecular weight is 778 g/mol. The summed E-state index contributed by atoms with van der Waals surface area (Å²) >= 11 is 0. The molecule has 2 aromatic carbocycles. The van der Waals surface area contributed by atoms with E-state index in [0.717, 1.165) is 0 Å². The minimum Gasteiger partial charge on any atom is -0.493 e. The second-order valence-electron chi connectivity index (χ2n) is 14.2. The topological polar surface area (TPSA) is 245 Å². The summed E-state index contributed by atoms with van der Waals surface area (Å²) in [6.45, 7) is 8.81. The van der Waals surface area contributed by atoms with Crippen LogP contribution in [0.5, 0.6) is 5.75 Å². The van der Waals surface area contributed by atoms with Crippen molar-refractivity contribution in [2.24, 2.45) is 33.7 Å². The summed E-state index contributed by atoms with van der Waals surface area (Å²) in [5.74, 6) is -4.37. The Morgan fingerprint density at radius 1 is 0.875 bits per heavy atom. The third kappa shape index (κ3) is 13.5. The van der Waals surface area contributed by atoms with Crippen molar-refractivity contribution in [3.05, 3.63) is 59.7 Å². The molecule has 0 saturated carbocycles. The van der Waals surface area contributed by atoms with Gasteiger partial charge in [-0.15, -0.1) is 10.2 Å². The predicted molar refractivity (Wildman–Crippen MR) is 203 cm³/mol. The van der Waals surface area contributed by atoms with Gasteiger partial charge in [0.2, 0.25) is 11.8 Å². The minimum absolute atomic E-state index is 0.0130. The Hall–Kier alpha value is -5.84. The first-order valence-corrected chi connectivity index (χ1v) is 18.4. The molecule has 1 unspecified atom stereocenters. The van der Waals surface area contributed by atoms with Crippen molar-refractivity contribution in [3.8, 4) is 5.75 Å². The molecule has 3 rings (SSSR count). The Bertz CT molecular complexity index is 1760. The van der Waals surface area contributed by atoms with E-state index in [0.29, 0.717) is 29.0 Å². The molecule has 0 bridgehead atoms. The van der Waals surface area contributed by atoms with Crippen molar-refractivity contribution in [1.29, 1.82) is 0 Å². The number of Topliss-reactive ketones (excluding diaryl/α,β-unsaturated/α-hetero) is 2. The molecule has 0 fully saturated rings. The number of hydrogen-bond donors (Lipinski definition) is 4. The number of nitrogens with two attached hydrogens (primary N) is 1. The maximum absolute atomic E-state index is 12.9. The molecule has 3 atom stereocenters. The van der Waals surface area contributed by atoms with Gasteiger partial charge in [-0.2, -0.15) is 0 Å². The van der Waals surface area contributed by atoms with Crippen LogP contribution in [-0.2, 0) is 40.1 Å². The molecule has 0 spiro atoms. The molecule has 0 radical (unpaired) electrons. The van der Waals surface area contributed by atoms with Crippen LogP contribution in [0.1, 0.15) is 77.3 Å². The largest absolute Gasteiger partial charge is 0.493 e. The van der Waals surface area contributed by atoms with Gasteiger partial charge < -0.3 is 30.7 Å². The molecule has 0 saturated heterocycles. The zero-order valence-corrected chi connectivity index (χ0v) is 32.5. The second kappa shape index (κ2) is 21.3. The van der Waals surface area contributed by atoms with Crippen LogP contribution in [0, 0.1) is 17.8 Å². The van der Waals surface area contributed by atoms with E-state index in [1.54, 1.807) is 62.4 Å². The first-order valence-electron chi connectivity index (χ1n) is 18.4. The highest BCUT2D eigenvalue weighted by Gasteiger charge is 2.34. The zero-order valence-electron chi connectivity index (χ0n) is 32.5. The van der Waals surface area contributed by atoms with Crippen LogP contribution in [0.2, 0.25) is 0 Å².